The lowest BCUT2D eigenvalue weighted by Crippen LogP contribution is -2.48. The first kappa shape index (κ1) is 21.9. The SMILES string of the molecule is CCNC(=NCC1CN2CCCC2CO1)NC(C)Cc1ccc(C)s1.I. The highest BCUT2D eigenvalue weighted by molar-refractivity contribution is 14.0. The molecule has 2 aliphatic rings. The molecule has 7 heteroatoms. The zero-order valence-electron chi connectivity index (χ0n) is 16.2. The van der Waals surface area contributed by atoms with E-state index in [1.807, 2.05) is 11.3 Å². The number of hydrogen-bond acceptors (Lipinski definition) is 4. The summed E-state index contributed by atoms with van der Waals surface area (Å²) in [5.41, 5.74) is 0. The van der Waals surface area contributed by atoms with E-state index in [0.29, 0.717) is 12.1 Å². The minimum absolute atomic E-state index is 0. The Morgan fingerprint density at radius 2 is 2.31 bits per heavy atom. The van der Waals surface area contributed by atoms with Crippen LogP contribution in [0.3, 0.4) is 0 Å². The summed E-state index contributed by atoms with van der Waals surface area (Å²) in [6.45, 7) is 11.2. The van der Waals surface area contributed by atoms with Gasteiger partial charge in [0, 0.05) is 41.3 Å². The molecule has 148 valence electrons. The molecule has 3 atom stereocenters. The fourth-order valence-corrected chi connectivity index (χ4v) is 4.71. The molecule has 0 saturated carbocycles. The normalized spacial score (nSPS) is 24.7. The van der Waals surface area contributed by atoms with Gasteiger partial charge in [-0.1, -0.05) is 0 Å². The van der Waals surface area contributed by atoms with Crippen molar-refractivity contribution in [2.75, 3.05) is 32.8 Å². The Morgan fingerprint density at radius 3 is 3.04 bits per heavy atom. The topological polar surface area (TPSA) is 48.9 Å². The summed E-state index contributed by atoms with van der Waals surface area (Å²) in [6.07, 6.45) is 3.85. The largest absolute Gasteiger partial charge is 0.373 e. The van der Waals surface area contributed by atoms with Crippen LogP contribution in [0.4, 0.5) is 0 Å². The molecular formula is C19H33IN4OS. The summed E-state index contributed by atoms with van der Waals surface area (Å²) in [4.78, 5) is 10.2. The first-order valence-electron chi connectivity index (χ1n) is 9.60. The summed E-state index contributed by atoms with van der Waals surface area (Å²) < 4.78 is 6.02. The first-order chi connectivity index (χ1) is 12.1. The zero-order chi connectivity index (χ0) is 17.6. The van der Waals surface area contributed by atoms with Crippen molar-refractivity contribution in [2.45, 2.75) is 58.2 Å². The van der Waals surface area contributed by atoms with Gasteiger partial charge in [0.15, 0.2) is 5.96 Å². The highest BCUT2D eigenvalue weighted by Crippen LogP contribution is 2.22. The van der Waals surface area contributed by atoms with Gasteiger partial charge < -0.3 is 15.4 Å². The predicted molar refractivity (Wildman–Crippen MR) is 121 cm³/mol. The van der Waals surface area contributed by atoms with Crippen molar-refractivity contribution >= 4 is 41.3 Å². The summed E-state index contributed by atoms with van der Waals surface area (Å²) in [5.74, 6) is 0.899. The fraction of sp³-hybridized carbons (Fsp3) is 0.737. The lowest BCUT2D eigenvalue weighted by Gasteiger charge is -2.34. The van der Waals surface area contributed by atoms with Crippen LogP contribution >= 0.6 is 35.3 Å². The number of thiophene rings is 1. The van der Waals surface area contributed by atoms with Gasteiger partial charge in [-0.3, -0.25) is 9.89 Å². The van der Waals surface area contributed by atoms with E-state index in [-0.39, 0.29) is 30.1 Å². The molecule has 0 spiro atoms. The molecule has 3 heterocycles. The smallest absolute Gasteiger partial charge is 0.191 e. The summed E-state index contributed by atoms with van der Waals surface area (Å²) in [6, 6.07) is 5.43. The average Bonchev–Trinajstić information content (AvgIpc) is 3.21. The Morgan fingerprint density at radius 1 is 1.46 bits per heavy atom. The van der Waals surface area contributed by atoms with E-state index >= 15 is 0 Å². The van der Waals surface area contributed by atoms with Gasteiger partial charge in [0.1, 0.15) is 0 Å². The number of rotatable bonds is 6. The standard InChI is InChI=1S/C19H32N4OS.HI/c1-4-20-19(22-14(2)10-18-8-7-15(3)25-18)21-11-17-12-23-9-5-6-16(23)13-24-17;/h7-8,14,16-17H,4-6,9-13H2,1-3H3,(H2,20,21,22);1H. The Bertz CT molecular complexity index is 580. The lowest BCUT2D eigenvalue weighted by molar-refractivity contribution is -0.0432. The molecule has 0 bridgehead atoms. The second-order valence-corrected chi connectivity index (χ2v) is 8.60. The molecule has 0 aliphatic carbocycles. The van der Waals surface area contributed by atoms with Gasteiger partial charge in [0.05, 0.1) is 19.3 Å². The number of ether oxygens (including phenoxy) is 1. The Balaban J connectivity index is 0.00000243. The van der Waals surface area contributed by atoms with Crippen LogP contribution in [-0.4, -0.2) is 61.8 Å². The summed E-state index contributed by atoms with van der Waals surface area (Å²) in [7, 11) is 0. The number of guanidine groups is 1. The van der Waals surface area contributed by atoms with Crippen LogP contribution in [0.25, 0.3) is 0 Å². The quantitative estimate of drug-likeness (QED) is 0.364. The number of halogens is 1. The van der Waals surface area contributed by atoms with E-state index in [1.54, 1.807) is 0 Å². The van der Waals surface area contributed by atoms with Crippen LogP contribution < -0.4 is 10.6 Å². The van der Waals surface area contributed by atoms with Crippen LogP contribution in [-0.2, 0) is 11.2 Å². The van der Waals surface area contributed by atoms with Crippen molar-refractivity contribution in [3.63, 3.8) is 0 Å². The molecule has 5 nitrogen and oxygen atoms in total. The van der Waals surface area contributed by atoms with Gasteiger partial charge in [-0.2, -0.15) is 0 Å². The molecule has 0 aromatic carbocycles. The molecule has 26 heavy (non-hydrogen) atoms. The minimum atomic E-state index is 0. The molecule has 2 saturated heterocycles. The third-order valence-electron chi connectivity index (χ3n) is 4.95. The second kappa shape index (κ2) is 10.8. The lowest BCUT2D eigenvalue weighted by atomic mass is 10.2. The van der Waals surface area contributed by atoms with Crippen LogP contribution in [0, 0.1) is 6.92 Å². The number of nitrogens with one attached hydrogen (secondary N) is 2. The first-order valence-corrected chi connectivity index (χ1v) is 10.4. The Labute approximate surface area is 179 Å². The van der Waals surface area contributed by atoms with Gasteiger partial charge >= 0.3 is 0 Å². The van der Waals surface area contributed by atoms with Crippen molar-refractivity contribution in [2.24, 2.45) is 4.99 Å². The van der Waals surface area contributed by atoms with Crippen molar-refractivity contribution in [3.05, 3.63) is 21.9 Å². The molecule has 3 unspecified atom stereocenters. The number of nitrogens with zero attached hydrogens (tertiary/aromatic N) is 2. The van der Waals surface area contributed by atoms with Crippen LogP contribution in [0.5, 0.6) is 0 Å². The fourth-order valence-electron chi connectivity index (χ4n) is 3.69. The van der Waals surface area contributed by atoms with E-state index in [2.05, 4.69) is 48.4 Å². The van der Waals surface area contributed by atoms with Gasteiger partial charge in [0.25, 0.3) is 0 Å². The maximum Gasteiger partial charge on any atom is 0.191 e. The van der Waals surface area contributed by atoms with Crippen molar-refractivity contribution in [3.8, 4) is 0 Å². The monoisotopic (exact) mass is 492 g/mol. The maximum atomic E-state index is 6.02. The summed E-state index contributed by atoms with van der Waals surface area (Å²) >= 11 is 1.88. The zero-order valence-corrected chi connectivity index (χ0v) is 19.3. The van der Waals surface area contributed by atoms with E-state index in [0.717, 1.165) is 38.6 Å². The maximum absolute atomic E-state index is 6.02. The minimum Gasteiger partial charge on any atom is -0.373 e. The number of fused-ring (bicyclic) bond motifs is 1. The molecule has 1 aromatic heterocycles. The van der Waals surface area contributed by atoms with Crippen LogP contribution in [0.15, 0.2) is 17.1 Å². The van der Waals surface area contributed by atoms with Gasteiger partial charge in [-0.05, 0) is 52.3 Å². The highest BCUT2D eigenvalue weighted by atomic mass is 127. The van der Waals surface area contributed by atoms with E-state index < -0.39 is 0 Å². The van der Waals surface area contributed by atoms with Crippen molar-refractivity contribution < 1.29 is 4.74 Å². The van der Waals surface area contributed by atoms with E-state index in [9.17, 15) is 0 Å². The molecule has 0 amide bonds. The van der Waals surface area contributed by atoms with Gasteiger partial charge in [0.2, 0.25) is 0 Å². The van der Waals surface area contributed by atoms with Crippen molar-refractivity contribution in [1.29, 1.82) is 0 Å². The van der Waals surface area contributed by atoms with E-state index in [4.69, 9.17) is 9.73 Å². The highest BCUT2D eigenvalue weighted by Gasteiger charge is 2.32. The third-order valence-corrected chi connectivity index (χ3v) is 5.97. The molecule has 2 aliphatic heterocycles. The molecular weight excluding hydrogens is 459 g/mol. The van der Waals surface area contributed by atoms with Gasteiger partial charge in [-0.25, -0.2) is 0 Å². The van der Waals surface area contributed by atoms with Crippen LogP contribution in [0.1, 0.15) is 36.4 Å². The summed E-state index contributed by atoms with van der Waals surface area (Å²) in [5, 5.41) is 6.90. The predicted octanol–water partition coefficient (Wildman–Crippen LogP) is 3.02. The molecule has 2 N–H and O–H groups in total. The second-order valence-electron chi connectivity index (χ2n) is 7.23. The molecule has 0 radical (unpaired) electrons. The molecule has 1 aromatic rings. The molecule has 2 fully saturated rings. The van der Waals surface area contributed by atoms with Crippen LogP contribution in [0.2, 0.25) is 0 Å². The van der Waals surface area contributed by atoms with Gasteiger partial charge in [-0.15, -0.1) is 35.3 Å². The van der Waals surface area contributed by atoms with E-state index in [1.165, 1.54) is 29.1 Å². The molecule has 3 rings (SSSR count). The Kier molecular flexibility index (Phi) is 9.12. The Hall–Kier alpha value is -0.380. The third kappa shape index (κ3) is 6.35. The average molecular weight is 492 g/mol. The number of hydrogen-bond donors (Lipinski definition) is 2. The number of aryl methyl sites for hydroxylation is 1. The number of aliphatic imine (C=N–C) groups is 1. The van der Waals surface area contributed by atoms with Crippen molar-refractivity contribution in [1.82, 2.24) is 15.5 Å². The number of morpholine rings is 1.